The molecule has 0 aromatic heterocycles. The fraction of sp³-hybridized carbons (Fsp3) is 0.0385. The highest BCUT2D eigenvalue weighted by Gasteiger charge is 2.39. The van der Waals surface area contributed by atoms with Crippen molar-refractivity contribution in [2.45, 2.75) is 5.60 Å². The number of hydrogen-bond acceptors (Lipinski definition) is 1. The second-order valence-corrected chi connectivity index (χ2v) is 6.85. The molecule has 1 nitrogen and oxygen atoms in total. The molecule has 0 radical (unpaired) electrons. The van der Waals surface area contributed by atoms with Gasteiger partial charge in [-0.2, -0.15) is 0 Å². The van der Waals surface area contributed by atoms with E-state index in [0.29, 0.717) is 0 Å². The van der Waals surface area contributed by atoms with Crippen molar-refractivity contribution in [3.8, 4) is 11.1 Å². The van der Waals surface area contributed by atoms with Crippen LogP contribution in [0.15, 0.2) is 115 Å². The van der Waals surface area contributed by atoms with E-state index in [9.17, 15) is 0 Å². The minimum atomic E-state index is -0.753. The molecule has 4 aromatic rings. The van der Waals surface area contributed by atoms with Crippen LogP contribution in [-0.4, -0.2) is 5.98 Å². The van der Waals surface area contributed by atoms with Crippen LogP contribution >= 0.6 is 8.86 Å². The molecule has 136 valence electrons. The molecule has 2 heteroatoms. The normalized spacial score (nSPS) is 11.1. The van der Waals surface area contributed by atoms with Gasteiger partial charge in [0.1, 0.15) is 0 Å². The van der Waals surface area contributed by atoms with Gasteiger partial charge in [-0.1, -0.05) is 115 Å². The summed E-state index contributed by atoms with van der Waals surface area (Å²) in [6.45, 7) is 0. The second kappa shape index (κ2) is 8.35. The Kier molecular flexibility index (Phi) is 5.48. The molecule has 0 fully saturated rings. The molecular weight excluding hydrogens is 359 g/mol. The molecule has 0 aliphatic heterocycles. The topological polar surface area (TPSA) is 9.23 Å². The van der Waals surface area contributed by atoms with E-state index in [1.807, 2.05) is 18.2 Å². The highest BCUT2D eigenvalue weighted by atomic mass is 31.0. The molecule has 4 rings (SSSR count). The molecule has 0 spiro atoms. The maximum atomic E-state index is 6.49. The standard InChI is InChI=1S/C26H21OP/c28-20-27-26(22-14-6-2-7-15-22,23-16-8-3-9-17-23)25-19-11-10-18-24(25)21-12-4-1-5-13-21/h1-20,28H/p+1. The third kappa shape index (κ3) is 3.31. The highest BCUT2D eigenvalue weighted by molar-refractivity contribution is 7.17. The summed E-state index contributed by atoms with van der Waals surface area (Å²) in [7, 11) is 2.59. The van der Waals surface area contributed by atoms with Gasteiger partial charge in [0.25, 0.3) is 0 Å². The summed E-state index contributed by atoms with van der Waals surface area (Å²) in [5, 5.41) is 0. The van der Waals surface area contributed by atoms with Crippen molar-refractivity contribution in [1.82, 2.24) is 0 Å². The monoisotopic (exact) mass is 381 g/mol. The van der Waals surface area contributed by atoms with Crippen LogP contribution < -0.4 is 0 Å². The van der Waals surface area contributed by atoms with Crippen molar-refractivity contribution in [2.24, 2.45) is 0 Å². The third-order valence-electron chi connectivity index (χ3n) is 5.00. The van der Waals surface area contributed by atoms with Gasteiger partial charge in [-0.05, 0) is 22.3 Å². The fourth-order valence-electron chi connectivity index (χ4n) is 3.78. The van der Waals surface area contributed by atoms with E-state index in [-0.39, 0.29) is 0 Å². The largest absolute Gasteiger partial charge is 0.296 e. The Morgan fingerprint density at radius 1 is 0.571 bits per heavy atom. The van der Waals surface area contributed by atoms with Crippen LogP contribution in [0.2, 0.25) is 0 Å². The van der Waals surface area contributed by atoms with E-state index in [0.717, 1.165) is 22.3 Å². The van der Waals surface area contributed by atoms with Gasteiger partial charge in [-0.3, -0.25) is 4.74 Å². The Bertz CT molecular complexity index is 1000. The number of ether oxygens (including phenoxy) is 1. The summed E-state index contributed by atoms with van der Waals surface area (Å²) in [6.07, 6.45) is 0. The molecular formula is C26H22OP+. The fourth-order valence-corrected chi connectivity index (χ4v) is 3.99. The smallest absolute Gasteiger partial charge is 0.208 e. The molecule has 0 N–H and O–H groups in total. The van der Waals surface area contributed by atoms with E-state index in [4.69, 9.17) is 4.74 Å². The van der Waals surface area contributed by atoms with Gasteiger partial charge in [0.05, 0.1) is 8.86 Å². The number of benzene rings is 4. The maximum absolute atomic E-state index is 6.49. The zero-order valence-electron chi connectivity index (χ0n) is 15.5. The van der Waals surface area contributed by atoms with E-state index >= 15 is 0 Å². The molecule has 0 saturated carbocycles. The SMILES string of the molecule is [PH2+]=COC(c1ccccc1)(c1ccccc1)c1ccccc1-c1ccccc1. The first-order valence-electron chi connectivity index (χ1n) is 9.33. The van der Waals surface area contributed by atoms with Gasteiger partial charge in [0.2, 0.25) is 5.98 Å². The first-order chi connectivity index (χ1) is 13.9. The van der Waals surface area contributed by atoms with Gasteiger partial charge >= 0.3 is 0 Å². The van der Waals surface area contributed by atoms with Crippen LogP contribution in [0.4, 0.5) is 0 Å². The predicted octanol–water partition coefficient (Wildman–Crippen LogP) is 6.30. The van der Waals surface area contributed by atoms with Crippen molar-refractivity contribution in [1.29, 1.82) is 0 Å². The third-order valence-corrected chi connectivity index (χ3v) is 5.13. The van der Waals surface area contributed by atoms with Crippen LogP contribution in [0.5, 0.6) is 0 Å². The zero-order chi connectivity index (χ0) is 19.2. The van der Waals surface area contributed by atoms with Gasteiger partial charge < -0.3 is 0 Å². The Balaban J connectivity index is 2.07. The highest BCUT2D eigenvalue weighted by Crippen LogP contribution is 2.44. The van der Waals surface area contributed by atoms with Gasteiger partial charge in [-0.25, -0.2) is 0 Å². The molecule has 1 atom stereocenters. The quantitative estimate of drug-likeness (QED) is 0.281. The Hall–Kier alpha value is -2.99. The van der Waals surface area contributed by atoms with E-state index < -0.39 is 5.60 Å². The van der Waals surface area contributed by atoms with Crippen LogP contribution in [0.3, 0.4) is 0 Å². The summed E-state index contributed by atoms with van der Waals surface area (Å²) in [6, 6.07) is 39.8. The van der Waals surface area contributed by atoms with E-state index in [2.05, 4.69) is 106 Å². The maximum Gasteiger partial charge on any atom is 0.208 e. The average Bonchev–Trinajstić information content (AvgIpc) is 2.79. The molecule has 0 aliphatic carbocycles. The first-order valence-corrected chi connectivity index (χ1v) is 10.00. The van der Waals surface area contributed by atoms with Crippen LogP contribution in [-0.2, 0) is 10.3 Å². The zero-order valence-corrected chi connectivity index (χ0v) is 16.7. The molecule has 4 aromatic carbocycles. The average molecular weight is 381 g/mol. The molecule has 0 bridgehead atoms. The second-order valence-electron chi connectivity index (χ2n) is 6.58. The first kappa shape index (κ1) is 18.4. The summed E-state index contributed by atoms with van der Waals surface area (Å²) in [5.74, 6) is 1.71. The number of hydrogen-bond donors (Lipinski definition) is 0. The lowest BCUT2D eigenvalue weighted by molar-refractivity contribution is 0.157. The summed E-state index contributed by atoms with van der Waals surface area (Å²) in [5.41, 5.74) is 4.85. The Labute approximate surface area is 168 Å². The van der Waals surface area contributed by atoms with Gasteiger partial charge in [-0.15, -0.1) is 0 Å². The Morgan fingerprint density at radius 2 is 1.04 bits per heavy atom. The predicted molar refractivity (Wildman–Crippen MR) is 122 cm³/mol. The summed E-state index contributed by atoms with van der Waals surface area (Å²) < 4.78 is 6.49. The molecule has 0 heterocycles. The lowest BCUT2D eigenvalue weighted by Crippen LogP contribution is -2.33. The molecule has 1 unspecified atom stereocenters. The van der Waals surface area contributed by atoms with Crippen molar-refractivity contribution in [3.63, 3.8) is 0 Å². The summed E-state index contributed by atoms with van der Waals surface area (Å²) in [4.78, 5) is 0. The Morgan fingerprint density at radius 3 is 1.57 bits per heavy atom. The van der Waals surface area contributed by atoms with Crippen LogP contribution in [0.1, 0.15) is 16.7 Å². The lowest BCUT2D eigenvalue weighted by atomic mass is 9.77. The molecule has 28 heavy (non-hydrogen) atoms. The van der Waals surface area contributed by atoms with Crippen molar-refractivity contribution >= 4 is 14.8 Å². The van der Waals surface area contributed by atoms with Crippen LogP contribution in [0.25, 0.3) is 11.1 Å². The molecule has 0 saturated heterocycles. The molecule has 0 amide bonds. The van der Waals surface area contributed by atoms with Gasteiger partial charge in [0, 0.05) is 5.56 Å². The minimum Gasteiger partial charge on any atom is -0.296 e. The minimum absolute atomic E-state index is 0.753. The van der Waals surface area contributed by atoms with Gasteiger partial charge in [0.15, 0.2) is 5.60 Å². The van der Waals surface area contributed by atoms with Crippen molar-refractivity contribution < 1.29 is 4.74 Å². The van der Waals surface area contributed by atoms with Crippen molar-refractivity contribution in [2.75, 3.05) is 0 Å². The van der Waals surface area contributed by atoms with Crippen molar-refractivity contribution in [3.05, 3.63) is 132 Å². The lowest BCUT2D eigenvalue weighted by Gasteiger charge is -2.35. The number of rotatable bonds is 6. The van der Waals surface area contributed by atoms with E-state index in [1.165, 1.54) is 5.56 Å². The van der Waals surface area contributed by atoms with Crippen LogP contribution in [0, 0.1) is 0 Å². The molecule has 0 aliphatic rings. The van der Waals surface area contributed by atoms with E-state index in [1.54, 1.807) is 5.98 Å². The summed E-state index contributed by atoms with van der Waals surface area (Å²) >= 11 is 0.